The van der Waals surface area contributed by atoms with E-state index in [0.717, 1.165) is 35.7 Å². The third kappa shape index (κ3) is 2.72. The smallest absolute Gasteiger partial charge is 0.0671 e. The lowest BCUT2D eigenvalue weighted by Crippen LogP contribution is -2.36. The molecule has 2 aliphatic rings. The first-order valence-corrected chi connectivity index (χ1v) is 8.57. The van der Waals surface area contributed by atoms with Gasteiger partial charge in [-0.2, -0.15) is 0 Å². The van der Waals surface area contributed by atoms with Gasteiger partial charge in [0.05, 0.1) is 6.10 Å². The van der Waals surface area contributed by atoms with Crippen LogP contribution in [0.2, 0.25) is 5.02 Å². The highest BCUT2D eigenvalue weighted by Crippen LogP contribution is 2.50. The van der Waals surface area contributed by atoms with E-state index < -0.39 is 0 Å². The zero-order valence-electron chi connectivity index (χ0n) is 11.3. The van der Waals surface area contributed by atoms with Gasteiger partial charge >= 0.3 is 0 Å². The molecule has 0 bridgehead atoms. The highest BCUT2D eigenvalue weighted by Gasteiger charge is 2.50. The molecular weight excluding hydrogens is 324 g/mol. The van der Waals surface area contributed by atoms with Gasteiger partial charge in [0.15, 0.2) is 0 Å². The van der Waals surface area contributed by atoms with Crippen molar-refractivity contribution in [2.24, 2.45) is 11.3 Å². The minimum absolute atomic E-state index is 0.236. The van der Waals surface area contributed by atoms with Crippen LogP contribution in [0.3, 0.4) is 0 Å². The summed E-state index contributed by atoms with van der Waals surface area (Å²) in [6.45, 7) is 2.98. The Hall–Kier alpha value is -0.0500. The summed E-state index contributed by atoms with van der Waals surface area (Å²) in [6.07, 6.45) is 5.26. The molecule has 0 radical (unpaired) electrons. The topological polar surface area (TPSA) is 9.23 Å². The van der Waals surface area contributed by atoms with Crippen molar-refractivity contribution >= 4 is 27.5 Å². The highest BCUT2D eigenvalue weighted by atomic mass is 79.9. The fourth-order valence-corrected chi connectivity index (χ4v) is 4.40. The number of rotatable bonds is 4. The molecule has 104 valence electrons. The van der Waals surface area contributed by atoms with Crippen LogP contribution in [0.1, 0.15) is 30.4 Å². The summed E-state index contributed by atoms with van der Waals surface area (Å²) in [4.78, 5) is 0. The molecule has 1 heterocycles. The fourth-order valence-electron chi connectivity index (χ4n) is 3.30. The second-order valence-corrected chi connectivity index (χ2v) is 7.11. The van der Waals surface area contributed by atoms with Crippen LogP contribution in [0.25, 0.3) is 0 Å². The Labute approximate surface area is 128 Å². The molecule has 1 aromatic rings. The summed E-state index contributed by atoms with van der Waals surface area (Å²) in [5.41, 5.74) is 2.73. The van der Waals surface area contributed by atoms with E-state index in [9.17, 15) is 0 Å². The molecule has 1 aliphatic carbocycles. The zero-order chi connectivity index (χ0) is 13.5. The summed E-state index contributed by atoms with van der Waals surface area (Å²) in [5.74, 6) is 0.782. The van der Waals surface area contributed by atoms with Gasteiger partial charge in [-0.05, 0) is 55.7 Å². The van der Waals surface area contributed by atoms with Gasteiger partial charge in [-0.1, -0.05) is 39.7 Å². The summed E-state index contributed by atoms with van der Waals surface area (Å²) in [5, 5.41) is 1.91. The fraction of sp³-hybridized carbons (Fsp3) is 0.625. The van der Waals surface area contributed by atoms with E-state index in [1.165, 1.54) is 24.0 Å². The van der Waals surface area contributed by atoms with Crippen LogP contribution >= 0.6 is 27.5 Å². The van der Waals surface area contributed by atoms with Crippen molar-refractivity contribution in [3.05, 3.63) is 34.3 Å². The first kappa shape index (κ1) is 13.9. The monoisotopic (exact) mass is 342 g/mol. The zero-order valence-corrected chi connectivity index (χ0v) is 13.6. The Morgan fingerprint density at radius 1 is 1.42 bits per heavy atom. The van der Waals surface area contributed by atoms with Gasteiger partial charge in [-0.25, -0.2) is 0 Å². The van der Waals surface area contributed by atoms with Gasteiger partial charge < -0.3 is 4.74 Å². The molecule has 1 nitrogen and oxygen atoms in total. The number of hydrogen-bond donors (Lipinski definition) is 0. The molecule has 3 heteroatoms. The van der Waals surface area contributed by atoms with E-state index in [4.69, 9.17) is 16.3 Å². The summed E-state index contributed by atoms with van der Waals surface area (Å²) >= 11 is 10.2. The van der Waals surface area contributed by atoms with Crippen LogP contribution in [-0.2, 0) is 11.2 Å². The summed E-state index contributed by atoms with van der Waals surface area (Å²) in [7, 11) is 0. The van der Waals surface area contributed by atoms with Crippen molar-refractivity contribution in [1.29, 1.82) is 0 Å². The van der Waals surface area contributed by atoms with E-state index in [-0.39, 0.29) is 5.41 Å². The number of aryl methyl sites for hydroxylation is 1. The van der Waals surface area contributed by atoms with Gasteiger partial charge in [0.25, 0.3) is 0 Å². The van der Waals surface area contributed by atoms with Gasteiger partial charge in [-0.3, -0.25) is 0 Å². The molecule has 1 aromatic carbocycles. The van der Waals surface area contributed by atoms with Crippen LogP contribution in [0, 0.1) is 18.3 Å². The lowest BCUT2D eigenvalue weighted by molar-refractivity contribution is 0.0413. The minimum Gasteiger partial charge on any atom is -0.377 e. The van der Waals surface area contributed by atoms with E-state index in [2.05, 4.69) is 41.1 Å². The average molecular weight is 344 g/mol. The molecule has 1 saturated heterocycles. The predicted molar refractivity (Wildman–Crippen MR) is 83.2 cm³/mol. The molecular formula is C16H20BrClO. The Bertz CT molecular complexity index is 472. The predicted octanol–water partition coefficient (Wildman–Crippen LogP) is 4.77. The molecule has 3 rings (SSSR count). The number of ether oxygens (including phenoxy) is 1. The van der Waals surface area contributed by atoms with Crippen molar-refractivity contribution < 1.29 is 4.74 Å². The first-order chi connectivity index (χ1) is 9.14. The largest absolute Gasteiger partial charge is 0.377 e. The third-order valence-electron chi connectivity index (χ3n) is 4.57. The lowest BCUT2D eigenvalue weighted by atomic mass is 9.76. The van der Waals surface area contributed by atoms with Gasteiger partial charge in [0, 0.05) is 22.4 Å². The van der Waals surface area contributed by atoms with E-state index >= 15 is 0 Å². The average Bonchev–Trinajstić information content (AvgIpc) is 3.15. The Balaban J connectivity index is 1.85. The maximum Gasteiger partial charge on any atom is 0.0671 e. The number of alkyl halides is 1. The van der Waals surface area contributed by atoms with Crippen molar-refractivity contribution in [1.82, 2.24) is 0 Å². The highest BCUT2D eigenvalue weighted by molar-refractivity contribution is 9.09. The van der Waals surface area contributed by atoms with Gasteiger partial charge in [0.2, 0.25) is 0 Å². The number of hydrogen-bond acceptors (Lipinski definition) is 1. The third-order valence-corrected chi connectivity index (χ3v) is 6.04. The first-order valence-electron chi connectivity index (χ1n) is 7.07. The van der Waals surface area contributed by atoms with E-state index in [0.29, 0.717) is 6.10 Å². The minimum atomic E-state index is 0.236. The number of benzene rings is 1. The van der Waals surface area contributed by atoms with Crippen molar-refractivity contribution in [2.45, 2.75) is 38.7 Å². The van der Waals surface area contributed by atoms with Gasteiger partial charge in [-0.15, -0.1) is 0 Å². The van der Waals surface area contributed by atoms with Gasteiger partial charge in [0.1, 0.15) is 0 Å². The maximum atomic E-state index is 6.41. The Morgan fingerprint density at radius 2 is 2.21 bits per heavy atom. The second-order valence-electron chi connectivity index (χ2n) is 6.15. The molecule has 1 aliphatic heterocycles. The van der Waals surface area contributed by atoms with Crippen LogP contribution in [0.15, 0.2) is 18.2 Å². The van der Waals surface area contributed by atoms with Crippen LogP contribution in [0.4, 0.5) is 0 Å². The Morgan fingerprint density at radius 3 is 2.84 bits per heavy atom. The molecule has 1 saturated carbocycles. The molecule has 19 heavy (non-hydrogen) atoms. The van der Waals surface area contributed by atoms with Crippen LogP contribution in [0.5, 0.6) is 0 Å². The maximum absolute atomic E-state index is 6.41. The van der Waals surface area contributed by atoms with Crippen LogP contribution in [-0.4, -0.2) is 18.0 Å². The number of halogens is 2. The SMILES string of the molecule is Cc1ccc(CC2(CBr)CCOC2C2CC2)c(Cl)c1. The normalized spacial score (nSPS) is 30.8. The summed E-state index contributed by atoms with van der Waals surface area (Å²) in [6, 6.07) is 6.41. The molecule has 0 amide bonds. The molecule has 0 spiro atoms. The molecule has 2 atom stereocenters. The van der Waals surface area contributed by atoms with E-state index in [1.807, 2.05) is 0 Å². The van der Waals surface area contributed by atoms with Crippen molar-refractivity contribution in [3.8, 4) is 0 Å². The molecule has 2 fully saturated rings. The molecule has 2 unspecified atom stereocenters. The van der Waals surface area contributed by atoms with Crippen molar-refractivity contribution in [3.63, 3.8) is 0 Å². The van der Waals surface area contributed by atoms with E-state index in [1.54, 1.807) is 0 Å². The Kier molecular flexibility index (Phi) is 3.94. The molecule has 0 N–H and O–H groups in total. The van der Waals surface area contributed by atoms with Crippen molar-refractivity contribution in [2.75, 3.05) is 11.9 Å². The molecule has 0 aromatic heterocycles. The summed E-state index contributed by atoms with van der Waals surface area (Å²) < 4.78 is 6.05. The standard InChI is InChI=1S/C16H20BrClO/c1-11-2-3-13(14(18)8-11)9-16(10-17)6-7-19-15(16)12-4-5-12/h2-3,8,12,15H,4-7,9-10H2,1H3. The van der Waals surface area contributed by atoms with Crippen LogP contribution < -0.4 is 0 Å². The quantitative estimate of drug-likeness (QED) is 0.715. The lowest BCUT2D eigenvalue weighted by Gasteiger charge is -2.33. The second kappa shape index (κ2) is 5.38.